The molecule has 1 saturated heterocycles. The third-order valence-corrected chi connectivity index (χ3v) is 3.63. The maximum Gasteiger partial charge on any atom is 0.128 e. The second kappa shape index (κ2) is 8.47. The van der Waals surface area contributed by atoms with Crippen molar-refractivity contribution in [3.63, 3.8) is 0 Å². The van der Waals surface area contributed by atoms with Crippen LogP contribution in [0.25, 0.3) is 0 Å². The van der Waals surface area contributed by atoms with E-state index in [1.54, 1.807) is 0 Å². The number of halogens is 1. The van der Waals surface area contributed by atoms with Crippen LogP contribution in [-0.2, 0) is 22.6 Å². The van der Waals surface area contributed by atoms with Gasteiger partial charge >= 0.3 is 0 Å². The van der Waals surface area contributed by atoms with E-state index >= 15 is 0 Å². The van der Waals surface area contributed by atoms with E-state index in [9.17, 15) is 4.39 Å². The number of ether oxygens (including phenoxy) is 2. The Morgan fingerprint density at radius 3 is 2.81 bits per heavy atom. The van der Waals surface area contributed by atoms with E-state index in [0.29, 0.717) is 18.1 Å². The van der Waals surface area contributed by atoms with E-state index in [1.807, 2.05) is 12.1 Å². The minimum atomic E-state index is -0.185. The molecule has 0 unspecified atom stereocenters. The zero-order valence-electron chi connectivity index (χ0n) is 13.0. The van der Waals surface area contributed by atoms with Crippen LogP contribution < -0.4 is 5.32 Å². The first-order valence-corrected chi connectivity index (χ1v) is 7.82. The van der Waals surface area contributed by atoms with Gasteiger partial charge in [-0.2, -0.15) is 0 Å². The Morgan fingerprint density at radius 2 is 2.10 bits per heavy atom. The molecule has 118 valence electrons. The molecule has 0 radical (unpaired) electrons. The largest absolute Gasteiger partial charge is 0.381 e. The van der Waals surface area contributed by atoms with Crippen molar-refractivity contribution in [3.05, 3.63) is 35.1 Å². The van der Waals surface area contributed by atoms with E-state index in [0.717, 1.165) is 44.7 Å². The van der Waals surface area contributed by atoms with Gasteiger partial charge < -0.3 is 14.8 Å². The molecule has 3 nitrogen and oxygen atoms in total. The minimum Gasteiger partial charge on any atom is -0.381 e. The monoisotopic (exact) mass is 295 g/mol. The summed E-state index contributed by atoms with van der Waals surface area (Å²) >= 11 is 0. The van der Waals surface area contributed by atoms with Gasteiger partial charge in [0.2, 0.25) is 0 Å². The van der Waals surface area contributed by atoms with Gasteiger partial charge in [0.25, 0.3) is 0 Å². The Balaban J connectivity index is 1.85. The molecule has 0 amide bonds. The fraction of sp³-hybridized carbons (Fsp3) is 0.647. The number of nitrogens with one attached hydrogen (secondary N) is 1. The fourth-order valence-electron chi connectivity index (χ4n) is 2.40. The SMILES string of the molecule is CC(C)CNCc1ccc(F)c(COC2CCOCC2)c1. The Labute approximate surface area is 126 Å². The van der Waals surface area contributed by atoms with Crippen molar-refractivity contribution in [2.24, 2.45) is 5.92 Å². The Hall–Kier alpha value is -0.970. The molecule has 1 heterocycles. The average Bonchev–Trinajstić information content (AvgIpc) is 2.48. The molecule has 2 rings (SSSR count). The van der Waals surface area contributed by atoms with Gasteiger partial charge in [0, 0.05) is 25.3 Å². The van der Waals surface area contributed by atoms with Crippen LogP contribution in [0.15, 0.2) is 18.2 Å². The molecule has 21 heavy (non-hydrogen) atoms. The molecule has 1 aliphatic rings. The van der Waals surface area contributed by atoms with Crippen molar-refractivity contribution in [2.45, 2.75) is 45.9 Å². The summed E-state index contributed by atoms with van der Waals surface area (Å²) in [5.41, 5.74) is 1.74. The predicted molar refractivity (Wildman–Crippen MR) is 81.6 cm³/mol. The molecule has 0 atom stereocenters. The number of hydrogen-bond donors (Lipinski definition) is 1. The molecule has 1 aliphatic heterocycles. The van der Waals surface area contributed by atoms with E-state index in [2.05, 4.69) is 19.2 Å². The molecular weight excluding hydrogens is 269 g/mol. The topological polar surface area (TPSA) is 30.5 Å². The van der Waals surface area contributed by atoms with Crippen LogP contribution in [0.3, 0.4) is 0 Å². The number of hydrogen-bond acceptors (Lipinski definition) is 3. The first-order valence-electron chi connectivity index (χ1n) is 7.82. The molecule has 4 heteroatoms. The van der Waals surface area contributed by atoms with Crippen LogP contribution in [0, 0.1) is 11.7 Å². The van der Waals surface area contributed by atoms with Crippen LogP contribution >= 0.6 is 0 Å². The van der Waals surface area contributed by atoms with Crippen molar-refractivity contribution in [1.82, 2.24) is 5.32 Å². The van der Waals surface area contributed by atoms with Crippen LogP contribution in [0.4, 0.5) is 4.39 Å². The highest BCUT2D eigenvalue weighted by Gasteiger charge is 2.15. The summed E-state index contributed by atoms with van der Waals surface area (Å²) in [5.74, 6) is 0.427. The summed E-state index contributed by atoms with van der Waals surface area (Å²) in [7, 11) is 0. The van der Waals surface area contributed by atoms with Crippen molar-refractivity contribution in [1.29, 1.82) is 0 Å². The highest BCUT2D eigenvalue weighted by Crippen LogP contribution is 2.16. The summed E-state index contributed by atoms with van der Waals surface area (Å²) < 4.78 is 25.0. The van der Waals surface area contributed by atoms with E-state index < -0.39 is 0 Å². The van der Waals surface area contributed by atoms with Gasteiger partial charge in [0.1, 0.15) is 5.82 Å². The van der Waals surface area contributed by atoms with Crippen LogP contribution in [-0.4, -0.2) is 25.9 Å². The lowest BCUT2D eigenvalue weighted by atomic mass is 10.1. The normalized spacial score (nSPS) is 16.6. The third-order valence-electron chi connectivity index (χ3n) is 3.63. The second-order valence-corrected chi connectivity index (χ2v) is 6.07. The molecule has 0 spiro atoms. The Bertz CT molecular complexity index is 431. The molecule has 1 aromatic rings. The third kappa shape index (κ3) is 5.73. The molecular formula is C17H26FNO2. The van der Waals surface area contributed by atoms with Gasteiger partial charge in [0.05, 0.1) is 12.7 Å². The van der Waals surface area contributed by atoms with Gasteiger partial charge in [0.15, 0.2) is 0 Å². The Morgan fingerprint density at radius 1 is 1.33 bits per heavy atom. The lowest BCUT2D eigenvalue weighted by Gasteiger charge is -2.22. The summed E-state index contributed by atoms with van der Waals surface area (Å²) in [4.78, 5) is 0. The molecule has 0 saturated carbocycles. The smallest absolute Gasteiger partial charge is 0.128 e. The van der Waals surface area contributed by atoms with E-state index in [1.165, 1.54) is 6.07 Å². The molecule has 0 aliphatic carbocycles. The van der Waals surface area contributed by atoms with Crippen molar-refractivity contribution >= 4 is 0 Å². The van der Waals surface area contributed by atoms with Crippen molar-refractivity contribution in [3.8, 4) is 0 Å². The first-order chi connectivity index (χ1) is 10.1. The van der Waals surface area contributed by atoms with E-state index in [-0.39, 0.29) is 11.9 Å². The standard InChI is InChI=1S/C17H26FNO2/c1-13(2)10-19-11-14-3-4-17(18)15(9-14)12-21-16-5-7-20-8-6-16/h3-4,9,13,16,19H,5-8,10-12H2,1-2H3. The molecule has 1 N–H and O–H groups in total. The average molecular weight is 295 g/mol. The molecule has 1 fully saturated rings. The lowest BCUT2D eigenvalue weighted by Crippen LogP contribution is -2.23. The predicted octanol–water partition coefficient (Wildman–Crippen LogP) is 3.27. The van der Waals surface area contributed by atoms with Gasteiger partial charge in [-0.05, 0) is 43.0 Å². The Kier molecular flexibility index (Phi) is 6.61. The molecule has 0 bridgehead atoms. The van der Waals surface area contributed by atoms with E-state index in [4.69, 9.17) is 9.47 Å². The van der Waals surface area contributed by atoms with Gasteiger partial charge in [-0.1, -0.05) is 19.9 Å². The molecule has 0 aromatic heterocycles. The van der Waals surface area contributed by atoms with Gasteiger partial charge in [-0.15, -0.1) is 0 Å². The first kappa shape index (κ1) is 16.4. The summed E-state index contributed by atoms with van der Waals surface area (Å²) in [6, 6.07) is 5.28. The maximum absolute atomic E-state index is 13.8. The van der Waals surface area contributed by atoms with Crippen LogP contribution in [0.5, 0.6) is 0 Å². The van der Waals surface area contributed by atoms with Gasteiger partial charge in [-0.25, -0.2) is 4.39 Å². The summed E-state index contributed by atoms with van der Waals surface area (Å²) in [6.07, 6.45) is 2.00. The van der Waals surface area contributed by atoms with Crippen molar-refractivity contribution in [2.75, 3.05) is 19.8 Å². The summed E-state index contributed by atoms with van der Waals surface area (Å²) in [5, 5.41) is 3.37. The van der Waals surface area contributed by atoms with Crippen LogP contribution in [0.2, 0.25) is 0 Å². The summed E-state index contributed by atoms with van der Waals surface area (Å²) in [6.45, 7) is 7.90. The number of benzene rings is 1. The zero-order valence-corrected chi connectivity index (χ0v) is 13.0. The zero-order chi connectivity index (χ0) is 15.1. The van der Waals surface area contributed by atoms with Crippen molar-refractivity contribution < 1.29 is 13.9 Å². The van der Waals surface area contributed by atoms with Crippen LogP contribution in [0.1, 0.15) is 37.8 Å². The highest BCUT2D eigenvalue weighted by molar-refractivity contribution is 5.24. The molecule has 1 aromatic carbocycles. The maximum atomic E-state index is 13.8. The minimum absolute atomic E-state index is 0.185. The second-order valence-electron chi connectivity index (χ2n) is 6.07. The lowest BCUT2D eigenvalue weighted by molar-refractivity contribution is -0.0397. The highest BCUT2D eigenvalue weighted by atomic mass is 19.1. The fourth-order valence-corrected chi connectivity index (χ4v) is 2.40. The quantitative estimate of drug-likeness (QED) is 0.837. The van der Waals surface area contributed by atoms with Gasteiger partial charge in [-0.3, -0.25) is 0 Å². The number of rotatable bonds is 7.